The zero-order chi connectivity index (χ0) is 18.0. The lowest BCUT2D eigenvalue weighted by atomic mass is 10.1. The van der Waals surface area contributed by atoms with Gasteiger partial charge in [-0.25, -0.2) is 4.79 Å². The van der Waals surface area contributed by atoms with Crippen LogP contribution in [0.5, 0.6) is 0 Å². The SMILES string of the molecule is CC(OC(=O)c1cccc(C(F)(F)F)c1)c1nnc(-c2cccs2)o1. The van der Waals surface area contributed by atoms with Crippen molar-refractivity contribution in [1.29, 1.82) is 0 Å². The first-order chi connectivity index (χ1) is 11.8. The van der Waals surface area contributed by atoms with Crippen molar-refractivity contribution in [2.24, 2.45) is 0 Å². The Bertz CT molecular complexity index is 875. The maximum Gasteiger partial charge on any atom is 0.416 e. The monoisotopic (exact) mass is 368 g/mol. The van der Waals surface area contributed by atoms with Crippen molar-refractivity contribution < 1.29 is 27.1 Å². The van der Waals surface area contributed by atoms with E-state index in [1.165, 1.54) is 24.3 Å². The molecule has 130 valence electrons. The number of rotatable bonds is 4. The van der Waals surface area contributed by atoms with Gasteiger partial charge in [-0.2, -0.15) is 13.2 Å². The molecule has 0 spiro atoms. The Morgan fingerprint density at radius 3 is 2.72 bits per heavy atom. The molecule has 9 heteroatoms. The summed E-state index contributed by atoms with van der Waals surface area (Å²) in [7, 11) is 0. The lowest BCUT2D eigenvalue weighted by molar-refractivity contribution is -0.137. The van der Waals surface area contributed by atoms with Crippen LogP contribution in [0.25, 0.3) is 10.8 Å². The van der Waals surface area contributed by atoms with Gasteiger partial charge >= 0.3 is 12.1 Å². The van der Waals surface area contributed by atoms with Crippen molar-refractivity contribution in [2.45, 2.75) is 19.2 Å². The standard InChI is InChI=1S/C16H11F3N2O3S/c1-9(13-20-21-14(24-13)12-6-3-7-25-12)23-15(22)10-4-2-5-11(8-10)16(17,18)19/h2-9H,1H3. The number of nitrogens with zero attached hydrogens (tertiary/aromatic N) is 2. The number of thiophene rings is 1. The number of carbonyl (C=O) groups excluding carboxylic acids is 1. The maximum atomic E-state index is 12.7. The zero-order valence-corrected chi connectivity index (χ0v) is 13.6. The molecule has 5 nitrogen and oxygen atoms in total. The highest BCUT2D eigenvalue weighted by atomic mass is 32.1. The highest BCUT2D eigenvalue weighted by Gasteiger charge is 2.31. The molecule has 0 fully saturated rings. The third-order valence-corrected chi connectivity index (χ3v) is 4.09. The van der Waals surface area contributed by atoms with Crippen LogP contribution in [0.1, 0.15) is 34.8 Å². The fraction of sp³-hybridized carbons (Fsp3) is 0.188. The van der Waals surface area contributed by atoms with Crippen molar-refractivity contribution >= 4 is 17.3 Å². The number of hydrogen-bond acceptors (Lipinski definition) is 6. The van der Waals surface area contributed by atoms with Gasteiger partial charge in [-0.15, -0.1) is 21.5 Å². The third-order valence-electron chi connectivity index (χ3n) is 3.23. The number of halogens is 3. The molecule has 1 unspecified atom stereocenters. The van der Waals surface area contributed by atoms with E-state index in [1.54, 1.807) is 6.07 Å². The molecule has 3 aromatic rings. The summed E-state index contributed by atoms with van der Waals surface area (Å²) in [5.74, 6) is -0.565. The molecule has 1 atom stereocenters. The second-order valence-electron chi connectivity index (χ2n) is 5.05. The Morgan fingerprint density at radius 1 is 1.24 bits per heavy atom. The minimum absolute atomic E-state index is 0.0590. The van der Waals surface area contributed by atoms with Crippen molar-refractivity contribution in [3.63, 3.8) is 0 Å². The number of hydrogen-bond donors (Lipinski definition) is 0. The smallest absolute Gasteiger partial charge is 0.416 e. The van der Waals surface area contributed by atoms with E-state index in [1.807, 2.05) is 11.4 Å². The first-order valence-electron chi connectivity index (χ1n) is 7.10. The first-order valence-corrected chi connectivity index (χ1v) is 7.98. The average Bonchev–Trinajstić information content (AvgIpc) is 3.25. The Kier molecular flexibility index (Phi) is 4.58. The molecule has 3 rings (SSSR count). The van der Waals surface area contributed by atoms with Crippen LogP contribution in [0, 0.1) is 0 Å². The van der Waals surface area contributed by atoms with E-state index in [4.69, 9.17) is 9.15 Å². The molecule has 25 heavy (non-hydrogen) atoms. The Hall–Kier alpha value is -2.68. The summed E-state index contributed by atoms with van der Waals surface area (Å²) < 4.78 is 48.7. The molecule has 0 saturated heterocycles. The van der Waals surface area contributed by atoms with Gasteiger partial charge in [-0.05, 0) is 36.6 Å². The topological polar surface area (TPSA) is 65.2 Å². The predicted molar refractivity (Wildman–Crippen MR) is 82.9 cm³/mol. The zero-order valence-electron chi connectivity index (χ0n) is 12.8. The Balaban J connectivity index is 1.73. The lowest BCUT2D eigenvalue weighted by Gasteiger charge is -2.11. The number of ether oxygens (including phenoxy) is 1. The van der Waals surface area contributed by atoms with Crippen molar-refractivity contribution in [3.05, 3.63) is 58.8 Å². The minimum atomic E-state index is -4.54. The molecule has 1 aromatic carbocycles. The maximum absolute atomic E-state index is 12.7. The van der Waals surface area contributed by atoms with Gasteiger partial charge in [-0.1, -0.05) is 12.1 Å². The van der Waals surface area contributed by atoms with Crippen LogP contribution >= 0.6 is 11.3 Å². The summed E-state index contributed by atoms with van der Waals surface area (Å²) >= 11 is 1.41. The summed E-state index contributed by atoms with van der Waals surface area (Å²) in [6, 6.07) is 7.62. The molecule has 2 aromatic heterocycles. The quantitative estimate of drug-likeness (QED) is 0.623. The molecule has 2 heterocycles. The van der Waals surface area contributed by atoms with Crippen LogP contribution in [0.3, 0.4) is 0 Å². The molecule has 0 N–H and O–H groups in total. The van der Waals surface area contributed by atoms with Crippen LogP contribution in [0.4, 0.5) is 13.2 Å². The molecule has 0 amide bonds. The van der Waals surface area contributed by atoms with Gasteiger partial charge in [0.05, 0.1) is 16.0 Å². The van der Waals surface area contributed by atoms with Crippen molar-refractivity contribution in [2.75, 3.05) is 0 Å². The van der Waals surface area contributed by atoms with Crippen LogP contribution in [-0.2, 0) is 10.9 Å². The van der Waals surface area contributed by atoms with Gasteiger partial charge in [0, 0.05) is 0 Å². The van der Waals surface area contributed by atoms with E-state index in [0.717, 1.165) is 23.1 Å². The van der Waals surface area contributed by atoms with Gasteiger partial charge in [0.15, 0.2) is 6.10 Å². The summed E-state index contributed by atoms with van der Waals surface area (Å²) in [6.07, 6.45) is -5.44. The summed E-state index contributed by atoms with van der Waals surface area (Å²) in [6.45, 7) is 1.50. The van der Waals surface area contributed by atoms with Crippen LogP contribution in [0.2, 0.25) is 0 Å². The van der Waals surface area contributed by atoms with E-state index < -0.39 is 23.8 Å². The van der Waals surface area contributed by atoms with Gasteiger partial charge in [-0.3, -0.25) is 0 Å². The van der Waals surface area contributed by atoms with Crippen molar-refractivity contribution in [1.82, 2.24) is 10.2 Å². The minimum Gasteiger partial charge on any atom is -0.449 e. The second kappa shape index (κ2) is 6.67. The van der Waals surface area contributed by atoms with E-state index in [-0.39, 0.29) is 17.3 Å². The number of carbonyl (C=O) groups is 1. The Labute approximate surface area is 144 Å². The van der Waals surface area contributed by atoms with E-state index in [9.17, 15) is 18.0 Å². The highest BCUT2D eigenvalue weighted by molar-refractivity contribution is 7.13. The fourth-order valence-corrected chi connectivity index (χ4v) is 2.64. The summed E-state index contributed by atoms with van der Waals surface area (Å²) in [5.41, 5.74) is -1.13. The first kappa shape index (κ1) is 17.2. The molecule has 0 aliphatic heterocycles. The van der Waals surface area contributed by atoms with Gasteiger partial charge in [0.1, 0.15) is 0 Å². The van der Waals surface area contributed by atoms with Gasteiger partial charge < -0.3 is 9.15 Å². The van der Waals surface area contributed by atoms with E-state index in [2.05, 4.69) is 10.2 Å². The van der Waals surface area contributed by atoms with E-state index >= 15 is 0 Å². The molecule has 0 aliphatic carbocycles. The summed E-state index contributed by atoms with van der Waals surface area (Å²) in [5, 5.41) is 9.51. The second-order valence-corrected chi connectivity index (χ2v) is 6.00. The lowest BCUT2D eigenvalue weighted by Crippen LogP contribution is -2.12. The average molecular weight is 368 g/mol. The highest BCUT2D eigenvalue weighted by Crippen LogP contribution is 2.30. The van der Waals surface area contributed by atoms with Gasteiger partial charge in [0.25, 0.3) is 11.8 Å². The fourth-order valence-electron chi connectivity index (χ4n) is 2.00. The van der Waals surface area contributed by atoms with Crippen LogP contribution in [-0.4, -0.2) is 16.2 Å². The third kappa shape index (κ3) is 3.87. The van der Waals surface area contributed by atoms with Gasteiger partial charge in [0.2, 0.25) is 0 Å². The molecule has 0 radical (unpaired) electrons. The van der Waals surface area contributed by atoms with Crippen molar-refractivity contribution in [3.8, 4) is 10.8 Å². The predicted octanol–water partition coefficient (Wildman–Crippen LogP) is 4.73. The van der Waals surface area contributed by atoms with Crippen LogP contribution < -0.4 is 0 Å². The number of benzene rings is 1. The molecule has 0 saturated carbocycles. The normalized spacial score (nSPS) is 12.8. The largest absolute Gasteiger partial charge is 0.449 e. The van der Waals surface area contributed by atoms with Crippen LogP contribution in [0.15, 0.2) is 46.2 Å². The Morgan fingerprint density at radius 2 is 2.04 bits per heavy atom. The number of aromatic nitrogens is 2. The molecule has 0 aliphatic rings. The molecule has 0 bridgehead atoms. The molecular formula is C16H11F3N2O3S. The molecular weight excluding hydrogens is 357 g/mol. The van der Waals surface area contributed by atoms with E-state index in [0.29, 0.717) is 0 Å². The summed E-state index contributed by atoms with van der Waals surface area (Å²) in [4.78, 5) is 12.8. The number of esters is 1. The number of alkyl halides is 3.